The van der Waals surface area contributed by atoms with Gasteiger partial charge in [-0.05, 0) is 35.9 Å². The molecule has 1 heterocycles. The number of hydrogen-bond acceptors (Lipinski definition) is 3. The van der Waals surface area contributed by atoms with Gasteiger partial charge < -0.3 is 9.47 Å². The molecule has 0 saturated heterocycles. The van der Waals surface area contributed by atoms with Crippen LogP contribution in [0.25, 0.3) is 0 Å². The van der Waals surface area contributed by atoms with Gasteiger partial charge in [-0.25, -0.2) is 0 Å². The summed E-state index contributed by atoms with van der Waals surface area (Å²) in [5.41, 5.74) is 1.25. The zero-order chi connectivity index (χ0) is 15.0. The van der Waals surface area contributed by atoms with Crippen molar-refractivity contribution in [3.05, 3.63) is 57.6 Å². The maximum absolute atomic E-state index is 12.4. The van der Waals surface area contributed by atoms with Crippen LogP contribution >= 0.6 is 23.2 Å². The Morgan fingerprint density at radius 3 is 2.57 bits per heavy atom. The van der Waals surface area contributed by atoms with Crippen LogP contribution in [-0.4, -0.2) is 19.0 Å². The van der Waals surface area contributed by atoms with Crippen LogP contribution in [0.2, 0.25) is 10.0 Å². The molecule has 0 bridgehead atoms. The number of fused-ring (bicyclic) bond motifs is 1. The van der Waals surface area contributed by atoms with Crippen molar-refractivity contribution in [1.29, 1.82) is 0 Å². The van der Waals surface area contributed by atoms with Crippen LogP contribution in [0.15, 0.2) is 36.4 Å². The molecule has 2 aromatic carbocycles. The van der Waals surface area contributed by atoms with Gasteiger partial charge in [0.25, 0.3) is 0 Å². The first-order valence-corrected chi connectivity index (χ1v) is 7.17. The molecular weight excluding hydrogens is 311 g/mol. The van der Waals surface area contributed by atoms with E-state index in [-0.39, 0.29) is 5.78 Å². The highest BCUT2D eigenvalue weighted by Crippen LogP contribution is 2.35. The van der Waals surface area contributed by atoms with E-state index in [1.165, 1.54) is 0 Å². The van der Waals surface area contributed by atoms with Crippen molar-refractivity contribution in [2.24, 2.45) is 0 Å². The summed E-state index contributed by atoms with van der Waals surface area (Å²) in [7, 11) is 1.56. The Hall–Kier alpha value is -1.71. The van der Waals surface area contributed by atoms with Crippen LogP contribution in [0.4, 0.5) is 0 Å². The maximum Gasteiger partial charge on any atom is 0.207 e. The molecule has 0 unspecified atom stereocenters. The number of methoxy groups -OCH3 is 1. The third-order valence-electron chi connectivity index (χ3n) is 3.47. The van der Waals surface area contributed by atoms with E-state index in [1.807, 2.05) is 0 Å². The first kappa shape index (κ1) is 14.2. The van der Waals surface area contributed by atoms with Crippen LogP contribution in [0.5, 0.6) is 11.5 Å². The summed E-state index contributed by atoms with van der Waals surface area (Å²) >= 11 is 12.3. The number of carbonyl (C=O) groups excluding carboxylic acids is 1. The van der Waals surface area contributed by atoms with Gasteiger partial charge in [0.05, 0.1) is 12.7 Å². The Labute approximate surface area is 132 Å². The molecule has 5 heteroatoms. The minimum atomic E-state index is -0.607. The predicted octanol–water partition coefficient (Wildman–Crippen LogP) is 4.19. The van der Waals surface area contributed by atoms with Crippen LogP contribution < -0.4 is 9.47 Å². The van der Waals surface area contributed by atoms with Crippen molar-refractivity contribution in [3.63, 3.8) is 0 Å². The third kappa shape index (κ3) is 2.59. The molecule has 108 valence electrons. The molecule has 0 N–H and O–H groups in total. The lowest BCUT2D eigenvalue weighted by Gasteiger charge is -2.12. The molecular formula is C16H12Cl2O3. The fourth-order valence-electron chi connectivity index (χ4n) is 2.36. The molecule has 21 heavy (non-hydrogen) atoms. The highest BCUT2D eigenvalue weighted by molar-refractivity contribution is 6.36. The number of ketones is 1. The zero-order valence-electron chi connectivity index (χ0n) is 11.2. The fraction of sp³-hybridized carbons (Fsp3) is 0.188. The molecule has 3 nitrogen and oxygen atoms in total. The van der Waals surface area contributed by atoms with Gasteiger partial charge in [-0.1, -0.05) is 29.3 Å². The Morgan fingerprint density at radius 2 is 1.90 bits per heavy atom. The average Bonchev–Trinajstić information content (AvgIpc) is 2.79. The standard InChI is InChI=1S/C16H12Cl2O3/c1-20-9-5-6-14-11(7-9)16(19)15(21-14)8-10-12(17)3-2-4-13(10)18/h2-7,15H,8H2,1H3/t15-/m0/s1. The molecule has 3 rings (SSSR count). The van der Waals surface area contributed by atoms with E-state index in [0.717, 1.165) is 5.56 Å². The van der Waals surface area contributed by atoms with Gasteiger partial charge in [0.2, 0.25) is 5.78 Å². The molecule has 1 aliphatic heterocycles. The monoisotopic (exact) mass is 322 g/mol. The lowest BCUT2D eigenvalue weighted by molar-refractivity contribution is 0.0858. The minimum absolute atomic E-state index is 0.0834. The van der Waals surface area contributed by atoms with E-state index in [0.29, 0.717) is 33.5 Å². The van der Waals surface area contributed by atoms with Gasteiger partial charge in [0.1, 0.15) is 11.5 Å². The summed E-state index contributed by atoms with van der Waals surface area (Å²) in [6.45, 7) is 0. The van der Waals surface area contributed by atoms with Gasteiger partial charge in [-0.3, -0.25) is 4.79 Å². The van der Waals surface area contributed by atoms with Crippen LogP contribution in [0.1, 0.15) is 15.9 Å². The molecule has 2 aromatic rings. The van der Waals surface area contributed by atoms with E-state index in [4.69, 9.17) is 32.7 Å². The second-order valence-corrected chi connectivity index (χ2v) is 5.55. The van der Waals surface area contributed by atoms with Crippen molar-refractivity contribution in [2.75, 3.05) is 7.11 Å². The second kappa shape index (κ2) is 5.58. The van der Waals surface area contributed by atoms with E-state index < -0.39 is 6.10 Å². The number of benzene rings is 2. The largest absolute Gasteiger partial charge is 0.497 e. The normalized spacial score (nSPS) is 16.5. The Balaban J connectivity index is 1.88. The number of rotatable bonds is 3. The van der Waals surface area contributed by atoms with Gasteiger partial charge in [0.15, 0.2) is 6.10 Å². The average molecular weight is 323 g/mol. The molecule has 0 saturated carbocycles. The van der Waals surface area contributed by atoms with Crippen molar-refractivity contribution < 1.29 is 14.3 Å². The Morgan fingerprint density at radius 1 is 1.19 bits per heavy atom. The molecule has 1 aliphatic rings. The molecule has 1 atom stereocenters. The number of ether oxygens (including phenoxy) is 2. The molecule has 0 aromatic heterocycles. The topological polar surface area (TPSA) is 35.5 Å². The van der Waals surface area contributed by atoms with Gasteiger partial charge in [-0.2, -0.15) is 0 Å². The quantitative estimate of drug-likeness (QED) is 0.850. The molecule has 0 fully saturated rings. The SMILES string of the molecule is COc1ccc2c(c1)C(=O)[C@H](Cc1c(Cl)cccc1Cl)O2. The number of carbonyl (C=O) groups is 1. The third-order valence-corrected chi connectivity index (χ3v) is 4.17. The molecule has 0 aliphatic carbocycles. The highest BCUT2D eigenvalue weighted by atomic mass is 35.5. The predicted molar refractivity (Wildman–Crippen MR) is 81.9 cm³/mol. The van der Waals surface area contributed by atoms with Crippen LogP contribution in [0.3, 0.4) is 0 Å². The number of hydrogen-bond donors (Lipinski definition) is 0. The van der Waals surface area contributed by atoms with Crippen LogP contribution in [0, 0.1) is 0 Å². The minimum Gasteiger partial charge on any atom is -0.497 e. The van der Waals surface area contributed by atoms with Gasteiger partial charge in [0, 0.05) is 16.5 Å². The maximum atomic E-state index is 12.4. The fourth-order valence-corrected chi connectivity index (χ4v) is 2.91. The first-order chi connectivity index (χ1) is 10.1. The van der Waals surface area contributed by atoms with E-state index in [2.05, 4.69) is 0 Å². The number of halogens is 2. The lowest BCUT2D eigenvalue weighted by Crippen LogP contribution is -2.23. The van der Waals surface area contributed by atoms with Gasteiger partial charge in [-0.15, -0.1) is 0 Å². The summed E-state index contributed by atoms with van der Waals surface area (Å²) in [6.07, 6.45) is -0.265. The van der Waals surface area contributed by atoms with Crippen molar-refractivity contribution in [3.8, 4) is 11.5 Å². The van der Waals surface area contributed by atoms with E-state index in [1.54, 1.807) is 43.5 Å². The lowest BCUT2D eigenvalue weighted by atomic mass is 10.0. The Kier molecular flexibility index (Phi) is 3.79. The smallest absolute Gasteiger partial charge is 0.207 e. The summed E-state index contributed by atoms with van der Waals surface area (Å²) in [5, 5.41) is 1.07. The van der Waals surface area contributed by atoms with E-state index in [9.17, 15) is 4.79 Å². The van der Waals surface area contributed by atoms with Crippen molar-refractivity contribution in [1.82, 2.24) is 0 Å². The van der Waals surface area contributed by atoms with Crippen molar-refractivity contribution >= 4 is 29.0 Å². The van der Waals surface area contributed by atoms with Gasteiger partial charge >= 0.3 is 0 Å². The Bertz CT molecular complexity index is 692. The molecule has 0 radical (unpaired) electrons. The zero-order valence-corrected chi connectivity index (χ0v) is 12.7. The van der Waals surface area contributed by atoms with E-state index >= 15 is 0 Å². The molecule has 0 amide bonds. The highest BCUT2D eigenvalue weighted by Gasteiger charge is 2.33. The van der Waals surface area contributed by atoms with Crippen molar-refractivity contribution in [2.45, 2.75) is 12.5 Å². The summed E-state index contributed by atoms with van der Waals surface area (Å²) in [4.78, 5) is 12.4. The first-order valence-electron chi connectivity index (χ1n) is 6.42. The second-order valence-electron chi connectivity index (χ2n) is 4.74. The molecule has 0 spiro atoms. The summed E-state index contributed by atoms with van der Waals surface area (Å²) in [5.74, 6) is 1.11. The number of Topliss-reactive ketones (excluding diaryl/α,β-unsaturated/α-hetero) is 1. The van der Waals surface area contributed by atoms with Crippen LogP contribution in [-0.2, 0) is 6.42 Å². The summed E-state index contributed by atoms with van der Waals surface area (Å²) in [6, 6.07) is 10.4. The summed E-state index contributed by atoms with van der Waals surface area (Å²) < 4.78 is 10.8.